The van der Waals surface area contributed by atoms with Crippen LogP contribution < -0.4 is 10.2 Å². The van der Waals surface area contributed by atoms with E-state index in [2.05, 4.69) is 48.3 Å². The highest BCUT2D eigenvalue weighted by Crippen LogP contribution is 2.36. The number of hydrogen-bond acceptors (Lipinski definition) is 2. The first-order valence-corrected chi connectivity index (χ1v) is 7.55. The van der Waals surface area contributed by atoms with Crippen LogP contribution >= 0.6 is 23.2 Å². The minimum absolute atomic E-state index is 0.0162. The third kappa shape index (κ3) is 2.74. The summed E-state index contributed by atoms with van der Waals surface area (Å²) in [6.07, 6.45) is 1.99. The Balaban J connectivity index is 2.00. The highest BCUT2D eigenvalue weighted by atomic mass is 35.5. The second kappa shape index (κ2) is 5.63. The quantitative estimate of drug-likeness (QED) is 0.811. The number of allylic oxidation sites excluding steroid dienone is 1. The summed E-state index contributed by atoms with van der Waals surface area (Å²) in [7, 11) is 0. The van der Waals surface area contributed by atoms with Crippen LogP contribution in [0, 0.1) is 6.92 Å². The van der Waals surface area contributed by atoms with Crippen LogP contribution in [0.2, 0.25) is 10.0 Å². The zero-order chi connectivity index (χ0) is 15.0. The Bertz CT molecular complexity index is 692. The van der Waals surface area contributed by atoms with E-state index < -0.39 is 0 Å². The number of benzene rings is 2. The molecule has 0 saturated carbocycles. The fourth-order valence-electron chi connectivity index (χ4n) is 2.56. The molecule has 3 rings (SSSR count). The molecule has 2 nitrogen and oxygen atoms in total. The molecule has 1 unspecified atom stereocenters. The third-order valence-electron chi connectivity index (χ3n) is 3.66. The molecule has 1 atom stereocenters. The minimum Gasteiger partial charge on any atom is -0.366 e. The molecule has 2 aromatic rings. The van der Waals surface area contributed by atoms with Gasteiger partial charge in [0.25, 0.3) is 0 Å². The van der Waals surface area contributed by atoms with Gasteiger partial charge in [0.1, 0.15) is 6.17 Å². The van der Waals surface area contributed by atoms with Crippen molar-refractivity contribution < 1.29 is 0 Å². The lowest BCUT2D eigenvalue weighted by Gasteiger charge is -2.29. The molecule has 0 amide bonds. The van der Waals surface area contributed by atoms with Gasteiger partial charge in [-0.1, -0.05) is 47.0 Å². The van der Waals surface area contributed by atoms with E-state index in [1.807, 2.05) is 18.3 Å². The van der Waals surface area contributed by atoms with E-state index in [1.165, 1.54) is 5.56 Å². The Hall–Kier alpha value is -1.64. The van der Waals surface area contributed by atoms with Crippen molar-refractivity contribution in [2.75, 3.05) is 4.90 Å². The van der Waals surface area contributed by atoms with E-state index in [1.54, 1.807) is 6.07 Å². The average molecular weight is 319 g/mol. The number of hydrogen-bond donors (Lipinski definition) is 1. The van der Waals surface area contributed by atoms with Crippen molar-refractivity contribution in [1.29, 1.82) is 0 Å². The summed E-state index contributed by atoms with van der Waals surface area (Å²) in [5.41, 5.74) is 4.54. The zero-order valence-corrected chi connectivity index (χ0v) is 13.4. The van der Waals surface area contributed by atoms with Gasteiger partial charge in [0.2, 0.25) is 0 Å². The predicted molar refractivity (Wildman–Crippen MR) is 89.8 cm³/mol. The largest absolute Gasteiger partial charge is 0.366 e. The topological polar surface area (TPSA) is 15.3 Å². The molecule has 0 spiro atoms. The molecule has 2 aromatic carbocycles. The molecule has 1 aliphatic rings. The molecular formula is C17H16Cl2N2. The van der Waals surface area contributed by atoms with E-state index in [9.17, 15) is 0 Å². The Morgan fingerprint density at radius 2 is 1.71 bits per heavy atom. The standard InChI is InChI=1S/C17H16Cl2N2/c1-11-3-6-14(7-4-11)21-12(2)10-20-17(21)15-8-5-13(18)9-16(15)19/h3-10,17,20H,1-2H3. The lowest BCUT2D eigenvalue weighted by Crippen LogP contribution is -2.28. The van der Waals surface area contributed by atoms with Crippen LogP contribution in [0.4, 0.5) is 5.69 Å². The van der Waals surface area contributed by atoms with E-state index in [0.29, 0.717) is 10.0 Å². The smallest absolute Gasteiger partial charge is 0.131 e. The second-order valence-electron chi connectivity index (χ2n) is 5.23. The summed E-state index contributed by atoms with van der Waals surface area (Å²) < 4.78 is 0. The molecule has 1 aliphatic heterocycles. The Morgan fingerprint density at radius 1 is 1.00 bits per heavy atom. The molecule has 0 radical (unpaired) electrons. The highest BCUT2D eigenvalue weighted by molar-refractivity contribution is 6.35. The maximum Gasteiger partial charge on any atom is 0.131 e. The molecule has 21 heavy (non-hydrogen) atoms. The van der Waals surface area contributed by atoms with Gasteiger partial charge in [-0.2, -0.15) is 0 Å². The van der Waals surface area contributed by atoms with Crippen molar-refractivity contribution in [3.63, 3.8) is 0 Å². The van der Waals surface area contributed by atoms with Gasteiger partial charge in [0.05, 0.1) is 0 Å². The van der Waals surface area contributed by atoms with E-state index in [0.717, 1.165) is 16.9 Å². The molecule has 1 heterocycles. The summed E-state index contributed by atoms with van der Waals surface area (Å²) >= 11 is 12.4. The summed E-state index contributed by atoms with van der Waals surface area (Å²) in [6, 6.07) is 14.1. The molecule has 4 heteroatoms. The van der Waals surface area contributed by atoms with Gasteiger partial charge in [-0.3, -0.25) is 0 Å². The first-order valence-electron chi connectivity index (χ1n) is 6.80. The molecular weight excluding hydrogens is 303 g/mol. The van der Waals surface area contributed by atoms with Crippen LogP contribution in [-0.4, -0.2) is 0 Å². The van der Waals surface area contributed by atoms with Crippen molar-refractivity contribution >= 4 is 28.9 Å². The average Bonchev–Trinajstić information content (AvgIpc) is 2.82. The van der Waals surface area contributed by atoms with Crippen molar-refractivity contribution in [2.45, 2.75) is 20.0 Å². The summed E-state index contributed by atoms with van der Waals surface area (Å²) in [5.74, 6) is 0. The van der Waals surface area contributed by atoms with E-state index in [-0.39, 0.29) is 6.17 Å². The van der Waals surface area contributed by atoms with Gasteiger partial charge >= 0.3 is 0 Å². The summed E-state index contributed by atoms with van der Waals surface area (Å²) in [4.78, 5) is 2.23. The SMILES string of the molecule is CC1=CNC(c2ccc(Cl)cc2Cl)N1c1ccc(C)cc1. The summed E-state index contributed by atoms with van der Waals surface area (Å²) in [5, 5.41) is 4.70. The van der Waals surface area contributed by atoms with Gasteiger partial charge in [0, 0.05) is 33.2 Å². The van der Waals surface area contributed by atoms with Gasteiger partial charge in [0.15, 0.2) is 0 Å². The Morgan fingerprint density at radius 3 is 2.38 bits per heavy atom. The van der Waals surface area contributed by atoms with Crippen LogP contribution in [0.1, 0.15) is 24.2 Å². The number of anilines is 1. The van der Waals surface area contributed by atoms with E-state index >= 15 is 0 Å². The van der Waals surface area contributed by atoms with Crippen LogP contribution in [-0.2, 0) is 0 Å². The van der Waals surface area contributed by atoms with Crippen LogP contribution in [0.25, 0.3) is 0 Å². The molecule has 0 bridgehead atoms. The van der Waals surface area contributed by atoms with Crippen molar-refractivity contribution in [3.8, 4) is 0 Å². The van der Waals surface area contributed by atoms with Crippen LogP contribution in [0.15, 0.2) is 54.4 Å². The molecule has 0 aliphatic carbocycles. The summed E-state index contributed by atoms with van der Waals surface area (Å²) in [6.45, 7) is 4.17. The molecule has 1 N–H and O–H groups in total. The molecule has 0 aromatic heterocycles. The maximum atomic E-state index is 6.36. The number of nitrogens with zero attached hydrogens (tertiary/aromatic N) is 1. The Labute approximate surface area is 135 Å². The van der Waals surface area contributed by atoms with Gasteiger partial charge in [-0.15, -0.1) is 0 Å². The third-order valence-corrected chi connectivity index (χ3v) is 4.22. The van der Waals surface area contributed by atoms with Crippen LogP contribution in [0.5, 0.6) is 0 Å². The number of aryl methyl sites for hydroxylation is 1. The lowest BCUT2D eigenvalue weighted by atomic mass is 10.1. The van der Waals surface area contributed by atoms with E-state index in [4.69, 9.17) is 23.2 Å². The zero-order valence-electron chi connectivity index (χ0n) is 11.9. The maximum absolute atomic E-state index is 6.36. The van der Waals surface area contributed by atoms with Crippen LogP contribution in [0.3, 0.4) is 0 Å². The van der Waals surface area contributed by atoms with Gasteiger partial charge in [-0.25, -0.2) is 0 Å². The van der Waals surface area contributed by atoms with Crippen molar-refractivity contribution in [3.05, 3.63) is 75.5 Å². The number of halogens is 2. The number of nitrogens with one attached hydrogen (secondary N) is 1. The molecule has 0 fully saturated rings. The van der Waals surface area contributed by atoms with Gasteiger partial charge < -0.3 is 10.2 Å². The minimum atomic E-state index is -0.0162. The highest BCUT2D eigenvalue weighted by Gasteiger charge is 2.27. The molecule has 108 valence electrons. The second-order valence-corrected chi connectivity index (χ2v) is 6.07. The normalized spacial score (nSPS) is 17.6. The predicted octanol–water partition coefficient (Wildman–Crippen LogP) is 5.27. The van der Waals surface area contributed by atoms with Crippen molar-refractivity contribution in [1.82, 2.24) is 5.32 Å². The number of rotatable bonds is 2. The molecule has 0 saturated heterocycles. The Kier molecular flexibility index (Phi) is 3.83. The first-order chi connectivity index (χ1) is 10.1. The lowest BCUT2D eigenvalue weighted by molar-refractivity contribution is 0.660. The first kappa shape index (κ1) is 14.3. The fourth-order valence-corrected chi connectivity index (χ4v) is 3.07. The monoisotopic (exact) mass is 318 g/mol. The fraction of sp³-hybridized carbons (Fsp3) is 0.176. The van der Waals surface area contributed by atoms with Crippen molar-refractivity contribution in [2.24, 2.45) is 0 Å². The van der Waals surface area contributed by atoms with Gasteiger partial charge in [-0.05, 0) is 38.1 Å².